The van der Waals surface area contributed by atoms with Gasteiger partial charge < -0.3 is 5.32 Å². The van der Waals surface area contributed by atoms with E-state index in [0.717, 1.165) is 4.40 Å². The molecule has 0 radical (unpaired) electrons. The first-order valence-corrected chi connectivity index (χ1v) is 9.97. The van der Waals surface area contributed by atoms with Crippen molar-refractivity contribution in [2.24, 2.45) is 0 Å². The molecule has 0 aliphatic rings. The van der Waals surface area contributed by atoms with Crippen molar-refractivity contribution >= 4 is 23.2 Å². The number of carbonyl (C=O) groups is 1. The fraction of sp³-hybridized carbons (Fsp3) is 0.136. The summed E-state index contributed by atoms with van der Waals surface area (Å²) in [6.07, 6.45) is -8.79. The Morgan fingerprint density at radius 3 is 2.18 bits per heavy atom. The van der Waals surface area contributed by atoms with E-state index in [-0.39, 0.29) is 29.6 Å². The molecule has 0 unspecified atom stereocenters. The van der Waals surface area contributed by atoms with Crippen molar-refractivity contribution in [1.29, 1.82) is 0 Å². The third-order valence-corrected chi connectivity index (χ3v) is 5.28. The predicted octanol–water partition coefficient (Wildman–Crippen LogP) is 6.02. The molecule has 12 heteroatoms. The molecular weight excluding hydrogens is 486 g/mol. The molecule has 0 atom stereocenters. The number of alkyl halides is 6. The Hall–Kier alpha value is -3.60. The van der Waals surface area contributed by atoms with Crippen molar-refractivity contribution < 1.29 is 31.1 Å². The summed E-state index contributed by atoms with van der Waals surface area (Å²) < 4.78 is 80.6. The maximum absolute atomic E-state index is 13.2. The van der Waals surface area contributed by atoms with Gasteiger partial charge in [-0.3, -0.25) is 9.20 Å². The molecule has 176 valence electrons. The van der Waals surface area contributed by atoms with Crippen molar-refractivity contribution in [1.82, 2.24) is 19.9 Å². The molecule has 34 heavy (non-hydrogen) atoms. The van der Waals surface area contributed by atoms with E-state index in [2.05, 4.69) is 15.5 Å². The maximum atomic E-state index is 13.2. The molecule has 4 aromatic rings. The van der Waals surface area contributed by atoms with Crippen LogP contribution in [0.25, 0.3) is 17.0 Å². The number of carbonyl (C=O) groups excluding carboxylic acids is 1. The molecule has 0 spiro atoms. The van der Waals surface area contributed by atoms with Gasteiger partial charge in [0.1, 0.15) is 0 Å². The molecule has 1 N–H and O–H groups in total. The number of amides is 1. The Morgan fingerprint density at radius 1 is 0.912 bits per heavy atom. The summed E-state index contributed by atoms with van der Waals surface area (Å²) in [5, 5.41) is 10.6. The first kappa shape index (κ1) is 23.6. The molecule has 2 heterocycles. The van der Waals surface area contributed by atoms with E-state index in [1.807, 2.05) is 0 Å². The molecule has 0 aliphatic carbocycles. The number of aromatic nitrogens is 3. The third kappa shape index (κ3) is 4.84. The normalized spacial score (nSPS) is 12.2. The lowest BCUT2D eigenvalue weighted by Gasteiger charge is -2.13. The van der Waals surface area contributed by atoms with Crippen molar-refractivity contribution in [2.75, 3.05) is 0 Å². The van der Waals surface area contributed by atoms with Crippen LogP contribution < -0.4 is 5.32 Å². The van der Waals surface area contributed by atoms with Crippen molar-refractivity contribution in [2.45, 2.75) is 18.9 Å². The minimum atomic E-state index is -5.01. The summed E-state index contributed by atoms with van der Waals surface area (Å²) in [4.78, 5) is 12.6. The van der Waals surface area contributed by atoms with Crippen molar-refractivity contribution in [3.8, 4) is 11.4 Å². The van der Waals surface area contributed by atoms with Gasteiger partial charge in [0.15, 0.2) is 11.5 Å². The quantitative estimate of drug-likeness (QED) is 0.350. The lowest BCUT2D eigenvalue weighted by molar-refractivity contribution is -0.143. The van der Waals surface area contributed by atoms with Crippen LogP contribution in [0, 0.1) is 0 Å². The van der Waals surface area contributed by atoms with E-state index in [1.54, 1.807) is 24.3 Å². The van der Waals surface area contributed by atoms with Crippen LogP contribution in [-0.2, 0) is 18.9 Å². The summed E-state index contributed by atoms with van der Waals surface area (Å²) in [6.45, 7) is 0.105. The van der Waals surface area contributed by atoms with Crippen molar-refractivity contribution in [3.63, 3.8) is 0 Å². The molecule has 0 bridgehead atoms. The van der Waals surface area contributed by atoms with Crippen molar-refractivity contribution in [3.05, 3.63) is 88.1 Å². The van der Waals surface area contributed by atoms with Crippen LogP contribution in [0.15, 0.2) is 60.8 Å². The largest absolute Gasteiger partial charge is 0.416 e. The molecule has 2 aromatic heterocycles. The van der Waals surface area contributed by atoms with Gasteiger partial charge in [-0.1, -0.05) is 29.8 Å². The standard InChI is InChI=1S/C22H13ClF6N4O/c23-17-4-2-1-3-12(17)10-30-20(34)13-5-6-18-31-32-19(33(18)11-13)14-7-15(21(24,25)26)9-16(8-14)22(27,28)29/h1-9,11H,10H2,(H,30,34). The summed E-state index contributed by atoms with van der Waals surface area (Å²) in [5.41, 5.74) is -2.55. The predicted molar refractivity (Wildman–Crippen MR) is 111 cm³/mol. The van der Waals surface area contributed by atoms with Crippen LogP contribution in [0.5, 0.6) is 0 Å². The van der Waals surface area contributed by atoms with E-state index in [4.69, 9.17) is 11.6 Å². The van der Waals surface area contributed by atoms with Gasteiger partial charge in [-0.05, 0) is 42.0 Å². The molecular formula is C22H13ClF6N4O. The van der Waals surface area contributed by atoms with E-state index in [0.29, 0.717) is 22.7 Å². The number of pyridine rings is 1. The van der Waals surface area contributed by atoms with Gasteiger partial charge in [-0.15, -0.1) is 10.2 Å². The van der Waals surface area contributed by atoms with Gasteiger partial charge in [-0.25, -0.2) is 0 Å². The number of fused-ring (bicyclic) bond motifs is 1. The number of hydrogen-bond donors (Lipinski definition) is 1. The van der Waals surface area contributed by atoms with E-state index >= 15 is 0 Å². The number of nitrogens with one attached hydrogen (secondary N) is 1. The third-order valence-electron chi connectivity index (χ3n) is 4.91. The first-order chi connectivity index (χ1) is 15.9. The highest BCUT2D eigenvalue weighted by Gasteiger charge is 2.37. The summed E-state index contributed by atoms with van der Waals surface area (Å²) in [5.74, 6) is -0.825. The number of nitrogens with zero attached hydrogens (tertiary/aromatic N) is 3. The average molecular weight is 499 g/mol. The van der Waals surface area contributed by atoms with Gasteiger partial charge in [0.05, 0.1) is 16.7 Å². The minimum absolute atomic E-state index is 0.0281. The van der Waals surface area contributed by atoms with Gasteiger partial charge in [0, 0.05) is 23.3 Å². The van der Waals surface area contributed by atoms with Gasteiger partial charge in [0.2, 0.25) is 0 Å². The molecule has 2 aromatic carbocycles. The Kier molecular flexibility index (Phi) is 5.98. The lowest BCUT2D eigenvalue weighted by atomic mass is 10.0. The fourth-order valence-electron chi connectivity index (χ4n) is 3.23. The number of halogens is 7. The van der Waals surface area contributed by atoms with Crippen LogP contribution in [0.1, 0.15) is 27.0 Å². The lowest BCUT2D eigenvalue weighted by Crippen LogP contribution is -2.23. The van der Waals surface area contributed by atoms with E-state index < -0.39 is 35.0 Å². The molecule has 0 saturated carbocycles. The topological polar surface area (TPSA) is 59.3 Å². The summed E-state index contributed by atoms with van der Waals surface area (Å²) in [7, 11) is 0. The maximum Gasteiger partial charge on any atom is 0.416 e. The van der Waals surface area contributed by atoms with E-state index in [9.17, 15) is 31.1 Å². The highest BCUT2D eigenvalue weighted by atomic mass is 35.5. The van der Waals surface area contributed by atoms with Crippen LogP contribution in [0.2, 0.25) is 5.02 Å². The molecule has 0 saturated heterocycles. The second-order valence-electron chi connectivity index (χ2n) is 7.24. The molecule has 5 nitrogen and oxygen atoms in total. The Morgan fingerprint density at radius 2 is 1.56 bits per heavy atom. The Balaban J connectivity index is 1.72. The fourth-order valence-corrected chi connectivity index (χ4v) is 3.43. The molecule has 1 amide bonds. The minimum Gasteiger partial charge on any atom is -0.348 e. The highest BCUT2D eigenvalue weighted by molar-refractivity contribution is 6.31. The Labute approximate surface area is 193 Å². The smallest absolute Gasteiger partial charge is 0.348 e. The highest BCUT2D eigenvalue weighted by Crippen LogP contribution is 2.38. The second-order valence-corrected chi connectivity index (χ2v) is 7.65. The van der Waals surface area contributed by atoms with Crippen LogP contribution in [0.4, 0.5) is 26.3 Å². The SMILES string of the molecule is O=C(NCc1ccccc1Cl)c1ccc2nnc(-c3cc(C(F)(F)F)cc(C(F)(F)F)c3)n2c1. The van der Waals surface area contributed by atoms with E-state index in [1.165, 1.54) is 18.3 Å². The van der Waals surface area contributed by atoms with Gasteiger partial charge >= 0.3 is 12.4 Å². The second kappa shape index (κ2) is 8.64. The number of rotatable bonds is 4. The van der Waals surface area contributed by atoms with Crippen LogP contribution in [0.3, 0.4) is 0 Å². The zero-order valence-corrected chi connectivity index (χ0v) is 17.6. The number of benzene rings is 2. The zero-order chi connectivity index (χ0) is 24.7. The van der Waals surface area contributed by atoms with Crippen LogP contribution in [-0.4, -0.2) is 20.5 Å². The summed E-state index contributed by atoms with van der Waals surface area (Å²) in [6, 6.07) is 10.8. The molecule has 0 aliphatic heterocycles. The van der Waals surface area contributed by atoms with Crippen LogP contribution >= 0.6 is 11.6 Å². The van der Waals surface area contributed by atoms with Gasteiger partial charge in [-0.2, -0.15) is 26.3 Å². The van der Waals surface area contributed by atoms with Gasteiger partial charge in [0.25, 0.3) is 5.91 Å². The first-order valence-electron chi connectivity index (χ1n) is 9.60. The summed E-state index contributed by atoms with van der Waals surface area (Å²) >= 11 is 6.06. The number of hydrogen-bond acceptors (Lipinski definition) is 3. The zero-order valence-electron chi connectivity index (χ0n) is 16.9. The monoisotopic (exact) mass is 498 g/mol. The average Bonchev–Trinajstić information content (AvgIpc) is 3.20. The Bertz CT molecular complexity index is 1350. The molecule has 4 rings (SSSR count). The molecule has 0 fully saturated rings.